The van der Waals surface area contributed by atoms with Gasteiger partial charge in [0, 0.05) is 12.6 Å². The molecule has 2 aliphatic heterocycles. The van der Waals surface area contributed by atoms with E-state index in [4.69, 9.17) is 9.47 Å². The molecule has 1 aromatic carbocycles. The molecule has 2 fully saturated rings. The molecule has 1 spiro atoms. The van der Waals surface area contributed by atoms with Gasteiger partial charge in [-0.15, -0.1) is 12.4 Å². The van der Waals surface area contributed by atoms with Gasteiger partial charge >= 0.3 is 0 Å². The minimum Gasteiger partial charge on any atom is -0.507 e. The van der Waals surface area contributed by atoms with E-state index in [1.807, 2.05) is 0 Å². The number of hydrogen-bond acceptors (Lipinski definition) is 5. The fraction of sp³-hybridized carbons (Fsp3) is 0.588. The summed E-state index contributed by atoms with van der Waals surface area (Å²) in [5.41, 5.74) is 0.531. The van der Waals surface area contributed by atoms with Gasteiger partial charge in [0.1, 0.15) is 11.5 Å². The zero-order chi connectivity index (χ0) is 16.3. The van der Waals surface area contributed by atoms with Crippen LogP contribution in [0.5, 0.6) is 11.5 Å². The van der Waals surface area contributed by atoms with Crippen LogP contribution >= 0.6 is 12.4 Å². The molecule has 2 heterocycles. The standard InChI is InChI=1S/C17H24N2O4.ClH/c1-22-12-2-3-14(15(20)8-12)16(21)19-10-13-9-17(11-23-13)4-6-18-7-5-17;/h2-3,8,13,18,20H,4-7,9-11H2,1H3,(H,19,21);1H. The Hall–Kier alpha value is -1.50. The lowest BCUT2D eigenvalue weighted by Gasteiger charge is -2.32. The number of hydrogen-bond donors (Lipinski definition) is 3. The third-order valence-corrected chi connectivity index (χ3v) is 4.89. The number of carbonyl (C=O) groups is 1. The maximum absolute atomic E-state index is 12.2. The van der Waals surface area contributed by atoms with Gasteiger partial charge in [0.15, 0.2) is 0 Å². The first-order chi connectivity index (χ1) is 11.1. The average Bonchev–Trinajstić information content (AvgIpc) is 2.95. The van der Waals surface area contributed by atoms with Gasteiger partial charge in [-0.05, 0) is 49.9 Å². The van der Waals surface area contributed by atoms with Crippen molar-refractivity contribution in [1.29, 1.82) is 0 Å². The van der Waals surface area contributed by atoms with Gasteiger partial charge in [0.2, 0.25) is 0 Å². The lowest BCUT2D eigenvalue weighted by atomic mass is 9.77. The first kappa shape index (κ1) is 18.8. The summed E-state index contributed by atoms with van der Waals surface area (Å²) < 4.78 is 10.9. The number of phenolic OH excluding ortho intramolecular Hbond substituents is 1. The van der Waals surface area contributed by atoms with Crippen LogP contribution in [0.4, 0.5) is 0 Å². The molecule has 0 aromatic heterocycles. The number of benzene rings is 1. The van der Waals surface area contributed by atoms with Gasteiger partial charge in [0.05, 0.1) is 25.4 Å². The van der Waals surface area contributed by atoms with Crippen LogP contribution in [0.25, 0.3) is 0 Å². The van der Waals surface area contributed by atoms with Crippen molar-refractivity contribution in [2.24, 2.45) is 5.41 Å². The molecule has 1 unspecified atom stereocenters. The second-order valence-electron chi connectivity index (χ2n) is 6.48. The van der Waals surface area contributed by atoms with Crippen molar-refractivity contribution < 1.29 is 19.4 Å². The Morgan fingerprint density at radius 3 is 2.88 bits per heavy atom. The van der Waals surface area contributed by atoms with Gasteiger partial charge in [-0.25, -0.2) is 0 Å². The van der Waals surface area contributed by atoms with Crippen LogP contribution < -0.4 is 15.4 Å². The zero-order valence-electron chi connectivity index (χ0n) is 13.8. The third kappa shape index (κ3) is 4.12. The summed E-state index contributed by atoms with van der Waals surface area (Å²) in [6, 6.07) is 4.66. The maximum Gasteiger partial charge on any atom is 0.255 e. The molecule has 2 aliphatic rings. The molecule has 0 radical (unpaired) electrons. The molecule has 7 heteroatoms. The zero-order valence-corrected chi connectivity index (χ0v) is 14.7. The first-order valence-electron chi connectivity index (χ1n) is 8.09. The smallest absolute Gasteiger partial charge is 0.255 e. The maximum atomic E-state index is 12.2. The van der Waals surface area contributed by atoms with Crippen molar-refractivity contribution in [3.8, 4) is 11.5 Å². The Bertz CT molecular complexity index is 576. The van der Waals surface area contributed by atoms with E-state index < -0.39 is 0 Å². The molecule has 2 saturated heterocycles. The quantitative estimate of drug-likeness (QED) is 0.765. The topological polar surface area (TPSA) is 79.8 Å². The Balaban J connectivity index is 0.00000208. The summed E-state index contributed by atoms with van der Waals surface area (Å²) in [6.45, 7) is 3.34. The van der Waals surface area contributed by atoms with E-state index in [2.05, 4.69) is 10.6 Å². The molecule has 0 bridgehead atoms. The predicted octanol–water partition coefficient (Wildman–Crippen LogP) is 1.71. The molecule has 1 amide bonds. The van der Waals surface area contributed by atoms with Crippen LogP contribution in [0, 0.1) is 5.41 Å². The van der Waals surface area contributed by atoms with Gasteiger partial charge in [-0.3, -0.25) is 4.79 Å². The Morgan fingerprint density at radius 2 is 2.21 bits per heavy atom. The van der Waals surface area contributed by atoms with Gasteiger partial charge in [-0.2, -0.15) is 0 Å². The molecule has 24 heavy (non-hydrogen) atoms. The second kappa shape index (κ2) is 8.05. The minimum atomic E-state index is -0.292. The normalized spacial score (nSPS) is 22.0. The Kier molecular flexibility index (Phi) is 6.32. The number of carbonyl (C=O) groups excluding carboxylic acids is 1. The molecule has 0 aliphatic carbocycles. The number of phenols is 1. The van der Waals surface area contributed by atoms with Gasteiger partial charge < -0.3 is 25.2 Å². The van der Waals surface area contributed by atoms with Crippen LogP contribution in [0.1, 0.15) is 29.6 Å². The Morgan fingerprint density at radius 1 is 1.46 bits per heavy atom. The summed E-state index contributed by atoms with van der Waals surface area (Å²) in [5.74, 6) is 0.148. The second-order valence-corrected chi connectivity index (χ2v) is 6.48. The van der Waals surface area contributed by atoms with Crippen LogP contribution in [-0.2, 0) is 4.74 Å². The molecule has 3 rings (SSSR count). The summed E-state index contributed by atoms with van der Waals surface area (Å²) in [4.78, 5) is 12.2. The van der Waals surface area contributed by atoms with Crippen molar-refractivity contribution in [3.63, 3.8) is 0 Å². The van der Waals surface area contributed by atoms with Crippen LogP contribution in [0.15, 0.2) is 18.2 Å². The van der Waals surface area contributed by atoms with Crippen molar-refractivity contribution >= 4 is 18.3 Å². The van der Waals surface area contributed by atoms with Crippen molar-refractivity contribution in [2.75, 3.05) is 33.4 Å². The van der Waals surface area contributed by atoms with Gasteiger partial charge in [0.25, 0.3) is 5.91 Å². The summed E-state index contributed by atoms with van der Waals surface area (Å²) >= 11 is 0. The van der Waals surface area contributed by atoms with Gasteiger partial charge in [-0.1, -0.05) is 0 Å². The minimum absolute atomic E-state index is 0. The SMILES string of the molecule is COc1ccc(C(=O)NCC2CC3(CCNCC3)CO2)c(O)c1.Cl. The predicted molar refractivity (Wildman–Crippen MR) is 93.1 cm³/mol. The van der Waals surface area contributed by atoms with E-state index in [9.17, 15) is 9.90 Å². The number of halogens is 1. The molecule has 3 N–H and O–H groups in total. The molecule has 1 aromatic rings. The average molecular weight is 357 g/mol. The molecule has 6 nitrogen and oxygen atoms in total. The monoisotopic (exact) mass is 356 g/mol. The van der Waals surface area contributed by atoms with E-state index in [0.29, 0.717) is 12.3 Å². The number of aromatic hydroxyl groups is 1. The van der Waals surface area contributed by atoms with Crippen LogP contribution in [-0.4, -0.2) is 50.5 Å². The fourth-order valence-corrected chi connectivity index (χ4v) is 3.46. The molecule has 0 saturated carbocycles. The number of rotatable bonds is 4. The lowest BCUT2D eigenvalue weighted by Crippen LogP contribution is -2.38. The highest BCUT2D eigenvalue weighted by molar-refractivity contribution is 5.97. The highest BCUT2D eigenvalue weighted by atomic mass is 35.5. The van der Waals surface area contributed by atoms with E-state index >= 15 is 0 Å². The number of piperidine rings is 1. The fourth-order valence-electron chi connectivity index (χ4n) is 3.46. The molecule has 134 valence electrons. The first-order valence-corrected chi connectivity index (χ1v) is 8.09. The largest absolute Gasteiger partial charge is 0.507 e. The van der Waals surface area contributed by atoms with Crippen molar-refractivity contribution in [1.82, 2.24) is 10.6 Å². The molecular weight excluding hydrogens is 332 g/mol. The summed E-state index contributed by atoms with van der Waals surface area (Å²) in [7, 11) is 1.52. The molecular formula is C17H25ClN2O4. The van der Waals surface area contributed by atoms with Crippen molar-refractivity contribution in [2.45, 2.75) is 25.4 Å². The summed E-state index contributed by atoms with van der Waals surface area (Å²) in [5, 5.41) is 16.1. The third-order valence-electron chi connectivity index (χ3n) is 4.89. The highest BCUT2D eigenvalue weighted by Crippen LogP contribution is 2.40. The van der Waals surface area contributed by atoms with Crippen molar-refractivity contribution in [3.05, 3.63) is 23.8 Å². The van der Waals surface area contributed by atoms with E-state index in [-0.39, 0.29) is 41.1 Å². The van der Waals surface area contributed by atoms with Crippen LogP contribution in [0.2, 0.25) is 0 Å². The Labute approximate surface area is 148 Å². The van der Waals surface area contributed by atoms with Crippen LogP contribution in [0.3, 0.4) is 0 Å². The number of nitrogens with one attached hydrogen (secondary N) is 2. The molecule has 1 atom stereocenters. The number of ether oxygens (including phenoxy) is 2. The summed E-state index contributed by atoms with van der Waals surface area (Å²) in [6.07, 6.45) is 3.31. The number of methoxy groups -OCH3 is 1. The highest BCUT2D eigenvalue weighted by Gasteiger charge is 2.40. The number of amides is 1. The lowest BCUT2D eigenvalue weighted by molar-refractivity contribution is 0.0780. The van der Waals surface area contributed by atoms with E-state index in [1.165, 1.54) is 13.2 Å². The van der Waals surface area contributed by atoms with E-state index in [1.54, 1.807) is 12.1 Å². The van der Waals surface area contributed by atoms with E-state index in [0.717, 1.165) is 39.0 Å².